The molecule has 0 fully saturated rings. The first-order chi connectivity index (χ1) is 18.0. The Hall–Kier alpha value is -3.96. The molecule has 3 aromatic heterocycles. The van der Waals surface area contributed by atoms with Crippen LogP contribution in [0.5, 0.6) is 0 Å². The molecular formula is C27H28N6O4S. The number of pyridine rings is 2. The Morgan fingerprint density at radius 3 is 2.58 bits per heavy atom. The van der Waals surface area contributed by atoms with E-state index in [1.54, 1.807) is 41.7 Å². The molecule has 5 rings (SSSR count). The van der Waals surface area contributed by atoms with E-state index in [4.69, 9.17) is 4.74 Å². The quantitative estimate of drug-likeness (QED) is 0.286. The van der Waals surface area contributed by atoms with Crippen molar-refractivity contribution in [1.82, 2.24) is 19.5 Å². The van der Waals surface area contributed by atoms with Gasteiger partial charge in [0.05, 0.1) is 23.3 Å². The summed E-state index contributed by atoms with van der Waals surface area (Å²) < 4.78 is 19.3. The summed E-state index contributed by atoms with van der Waals surface area (Å²) in [5.74, 6) is 0. The highest BCUT2D eigenvalue weighted by molar-refractivity contribution is 7.90. The molecule has 4 heterocycles. The van der Waals surface area contributed by atoms with E-state index in [0.717, 1.165) is 5.56 Å². The number of rotatable bonds is 3. The van der Waals surface area contributed by atoms with Gasteiger partial charge in [0.15, 0.2) is 5.65 Å². The standard InChI is InChI=1S/C27H28N6O4S/c1-17-8-6-10-20-22(17)32(26(35)37-27(2,3)4)13-12-31(20)21-14-18-15-29-25(38(5)36)30-23(18)33(24(21)34)19-9-7-11-28-16-19/h6-11,14-16H,12-13H2,1-5H3. The molecule has 1 aromatic carbocycles. The maximum absolute atomic E-state index is 14.1. The van der Waals surface area contributed by atoms with Crippen molar-refractivity contribution in [1.29, 1.82) is 0 Å². The molecule has 196 valence electrons. The Labute approximate surface area is 223 Å². The van der Waals surface area contributed by atoms with Crippen LogP contribution >= 0.6 is 0 Å². The zero-order valence-electron chi connectivity index (χ0n) is 21.8. The maximum atomic E-state index is 14.1. The first-order valence-corrected chi connectivity index (χ1v) is 13.7. The molecule has 10 nitrogen and oxygen atoms in total. The van der Waals surface area contributed by atoms with E-state index in [-0.39, 0.29) is 10.7 Å². The van der Waals surface area contributed by atoms with Gasteiger partial charge in [-0.1, -0.05) is 12.1 Å². The Bertz CT molecular complexity index is 1580. The van der Waals surface area contributed by atoms with Crippen molar-refractivity contribution in [2.75, 3.05) is 29.1 Å². The van der Waals surface area contributed by atoms with Gasteiger partial charge >= 0.3 is 11.2 Å². The van der Waals surface area contributed by atoms with E-state index in [1.165, 1.54) is 10.8 Å². The van der Waals surface area contributed by atoms with Crippen molar-refractivity contribution in [3.63, 3.8) is 0 Å². The summed E-state index contributed by atoms with van der Waals surface area (Å²) in [7, 11) is 0. The predicted molar refractivity (Wildman–Crippen MR) is 147 cm³/mol. The molecule has 0 saturated carbocycles. The molecule has 1 aliphatic rings. The van der Waals surface area contributed by atoms with E-state index in [2.05, 4.69) is 15.0 Å². The minimum atomic E-state index is -1.43. The minimum absolute atomic E-state index is 0.134. The topological polar surface area (TPSA) is 117 Å². The number of para-hydroxylation sites is 1. The average Bonchev–Trinajstić information content (AvgIpc) is 2.87. The van der Waals surface area contributed by atoms with Gasteiger partial charge < -0.3 is 14.2 Å². The SMILES string of the molecule is Cc1cccc2c1N(C(=O)OC(C)(C)C)CCN2c1cc2cnc([S+](C)[O-])nc2n(-c2cccnc2)c1=O. The number of aromatic nitrogens is 4. The number of aryl methyl sites for hydroxylation is 1. The summed E-state index contributed by atoms with van der Waals surface area (Å²) in [6.45, 7) is 8.10. The molecule has 1 unspecified atom stereocenters. The smallest absolute Gasteiger partial charge is 0.414 e. The molecule has 1 atom stereocenters. The second kappa shape index (κ2) is 9.73. The lowest BCUT2D eigenvalue weighted by molar-refractivity contribution is 0.0580. The number of hydrogen-bond acceptors (Lipinski definition) is 8. The Morgan fingerprint density at radius 2 is 1.89 bits per heavy atom. The summed E-state index contributed by atoms with van der Waals surface area (Å²) in [5, 5.41) is 0.732. The van der Waals surface area contributed by atoms with Gasteiger partial charge in [-0.2, -0.15) is 9.97 Å². The fraction of sp³-hybridized carbons (Fsp3) is 0.296. The third-order valence-electron chi connectivity index (χ3n) is 6.09. The lowest BCUT2D eigenvalue weighted by atomic mass is 10.1. The summed E-state index contributed by atoms with van der Waals surface area (Å²) in [4.78, 5) is 43.7. The number of benzene rings is 1. The van der Waals surface area contributed by atoms with Crippen LogP contribution in [-0.2, 0) is 15.9 Å². The minimum Gasteiger partial charge on any atom is -0.609 e. The van der Waals surface area contributed by atoms with Crippen molar-refractivity contribution in [3.05, 3.63) is 70.9 Å². The second-order valence-corrected chi connectivity index (χ2v) is 11.3. The molecule has 0 saturated heterocycles. The molecule has 4 aromatic rings. The van der Waals surface area contributed by atoms with Crippen LogP contribution < -0.4 is 15.4 Å². The number of carbonyl (C=O) groups is 1. The van der Waals surface area contributed by atoms with Gasteiger partial charge in [-0.3, -0.25) is 19.2 Å². The number of anilines is 3. The molecule has 0 radical (unpaired) electrons. The first kappa shape index (κ1) is 25.7. The number of carbonyl (C=O) groups excluding carboxylic acids is 1. The molecule has 1 amide bonds. The fourth-order valence-electron chi connectivity index (χ4n) is 4.52. The zero-order valence-corrected chi connectivity index (χ0v) is 22.7. The Morgan fingerprint density at radius 1 is 1.11 bits per heavy atom. The third-order valence-corrected chi connectivity index (χ3v) is 6.80. The van der Waals surface area contributed by atoms with Crippen LogP contribution in [0.15, 0.2) is 64.9 Å². The van der Waals surface area contributed by atoms with Gasteiger partial charge in [0, 0.05) is 42.0 Å². The Balaban J connectivity index is 1.71. The molecular weight excluding hydrogens is 504 g/mol. The summed E-state index contributed by atoms with van der Waals surface area (Å²) >= 11 is -1.43. The van der Waals surface area contributed by atoms with Crippen LogP contribution in [0.1, 0.15) is 26.3 Å². The van der Waals surface area contributed by atoms with E-state index in [0.29, 0.717) is 46.9 Å². The van der Waals surface area contributed by atoms with E-state index in [1.807, 2.05) is 50.8 Å². The lowest BCUT2D eigenvalue weighted by Crippen LogP contribution is -2.46. The molecule has 38 heavy (non-hydrogen) atoms. The number of ether oxygens (including phenoxy) is 1. The Kier molecular flexibility index (Phi) is 6.58. The molecule has 1 aliphatic heterocycles. The largest absolute Gasteiger partial charge is 0.609 e. The zero-order chi connectivity index (χ0) is 27.2. The number of nitrogens with zero attached hydrogens (tertiary/aromatic N) is 6. The van der Waals surface area contributed by atoms with Crippen molar-refractivity contribution in [3.8, 4) is 5.69 Å². The van der Waals surface area contributed by atoms with Crippen LogP contribution in [0.4, 0.5) is 21.9 Å². The highest BCUT2D eigenvalue weighted by Gasteiger charge is 2.33. The van der Waals surface area contributed by atoms with E-state index >= 15 is 0 Å². The van der Waals surface area contributed by atoms with Gasteiger partial charge in [-0.15, -0.1) is 0 Å². The fourth-order valence-corrected chi connectivity index (χ4v) is 4.94. The van der Waals surface area contributed by atoms with Crippen molar-refractivity contribution in [2.45, 2.75) is 38.5 Å². The van der Waals surface area contributed by atoms with Crippen molar-refractivity contribution in [2.24, 2.45) is 0 Å². The molecule has 0 aliphatic carbocycles. The second-order valence-electron chi connectivity index (χ2n) is 9.99. The molecule has 0 bridgehead atoms. The molecule has 11 heteroatoms. The van der Waals surface area contributed by atoms with Gasteiger partial charge in [0.25, 0.3) is 5.56 Å². The van der Waals surface area contributed by atoms with Gasteiger partial charge in [-0.25, -0.2) is 4.79 Å². The van der Waals surface area contributed by atoms with Gasteiger partial charge in [-0.05, 0) is 57.5 Å². The van der Waals surface area contributed by atoms with Crippen LogP contribution in [0.2, 0.25) is 0 Å². The van der Waals surface area contributed by atoms with E-state index < -0.39 is 22.9 Å². The predicted octanol–water partition coefficient (Wildman–Crippen LogP) is 4.11. The monoisotopic (exact) mass is 532 g/mol. The molecule has 0 N–H and O–H groups in total. The highest BCUT2D eigenvalue weighted by Crippen LogP contribution is 2.40. The van der Waals surface area contributed by atoms with Crippen LogP contribution in [0, 0.1) is 6.92 Å². The number of amides is 1. The summed E-state index contributed by atoms with van der Waals surface area (Å²) in [6, 6.07) is 10.9. The van der Waals surface area contributed by atoms with Crippen LogP contribution in [0.25, 0.3) is 16.7 Å². The van der Waals surface area contributed by atoms with Gasteiger partial charge in [0.1, 0.15) is 17.5 Å². The lowest BCUT2D eigenvalue weighted by Gasteiger charge is -2.39. The maximum Gasteiger partial charge on any atom is 0.414 e. The van der Waals surface area contributed by atoms with E-state index in [9.17, 15) is 14.1 Å². The third kappa shape index (κ3) is 4.70. The van der Waals surface area contributed by atoms with Crippen LogP contribution in [-0.4, -0.2) is 55.1 Å². The summed E-state index contributed by atoms with van der Waals surface area (Å²) in [6.07, 6.45) is 5.83. The average molecular weight is 533 g/mol. The van der Waals surface area contributed by atoms with Crippen molar-refractivity contribution < 1.29 is 14.1 Å². The van der Waals surface area contributed by atoms with Crippen molar-refractivity contribution >= 4 is 45.4 Å². The van der Waals surface area contributed by atoms with Crippen LogP contribution in [0.3, 0.4) is 0 Å². The summed E-state index contributed by atoms with van der Waals surface area (Å²) in [5.41, 5.74) is 2.56. The normalized spacial score (nSPS) is 14.4. The first-order valence-electron chi connectivity index (χ1n) is 12.1. The number of fused-ring (bicyclic) bond motifs is 2. The molecule has 0 spiro atoms. The number of hydrogen-bond donors (Lipinski definition) is 0. The van der Waals surface area contributed by atoms with Gasteiger partial charge in [0.2, 0.25) is 0 Å². The highest BCUT2D eigenvalue weighted by atomic mass is 32.2.